The van der Waals surface area contributed by atoms with Gasteiger partial charge in [0.1, 0.15) is 31.6 Å². The summed E-state index contributed by atoms with van der Waals surface area (Å²) in [6, 6.07) is 5.56. The van der Waals surface area contributed by atoms with Gasteiger partial charge in [0.05, 0.1) is 55.7 Å². The van der Waals surface area contributed by atoms with Crippen molar-refractivity contribution in [1.29, 1.82) is 0 Å². The monoisotopic (exact) mass is 781 g/mol. The second-order valence-corrected chi connectivity index (χ2v) is 13.8. The third-order valence-corrected chi connectivity index (χ3v) is 9.29. The van der Waals surface area contributed by atoms with Gasteiger partial charge in [-0.25, -0.2) is 21.5 Å². The van der Waals surface area contributed by atoms with E-state index in [0.717, 1.165) is 24.9 Å². The number of aromatic nitrogens is 2. The Labute approximate surface area is 295 Å². The molecular weight excluding hydrogens is 765 g/mol. The minimum absolute atomic E-state index is 0.0318. The predicted octanol–water partition coefficient (Wildman–Crippen LogP) is -0.0945. The normalized spacial score (nSPS) is 14.7. The van der Waals surface area contributed by atoms with Gasteiger partial charge in [-0.3, -0.25) is 24.5 Å². The molecule has 0 atom stereocenters. The summed E-state index contributed by atoms with van der Waals surface area (Å²) in [4.78, 5) is 36.4. The van der Waals surface area contributed by atoms with Crippen molar-refractivity contribution in [3.63, 3.8) is 0 Å². The van der Waals surface area contributed by atoms with Gasteiger partial charge in [0.15, 0.2) is 11.6 Å². The number of hydrazone groups is 1. The Balaban J connectivity index is 1.70. The van der Waals surface area contributed by atoms with Crippen LogP contribution in [-0.4, -0.2) is 58.9 Å². The van der Waals surface area contributed by atoms with Crippen LogP contribution in [0.15, 0.2) is 91.0 Å². The van der Waals surface area contributed by atoms with Crippen LogP contribution in [0.1, 0.15) is 29.9 Å². The van der Waals surface area contributed by atoms with E-state index >= 15 is 0 Å². The summed E-state index contributed by atoms with van der Waals surface area (Å²) in [6.07, 6.45) is 5.91. The molecule has 0 N–H and O–H groups in total. The number of carbonyl (C=O) groups excluding carboxylic acids is 3. The summed E-state index contributed by atoms with van der Waals surface area (Å²) in [7, 11) is -10.5. The average Bonchev–Trinajstić information content (AvgIpc) is 3.57. The van der Waals surface area contributed by atoms with Gasteiger partial charge in [0.2, 0.25) is 0 Å². The maximum atomic E-state index is 13.4. The van der Waals surface area contributed by atoms with Gasteiger partial charge in [-0.2, -0.15) is 23.9 Å². The lowest BCUT2D eigenvalue weighted by molar-refractivity contribution is -0.777. The van der Waals surface area contributed by atoms with Crippen LogP contribution in [0.2, 0.25) is 0 Å². The average molecular weight is 782 g/mol. The number of hydrogen-bond donors (Lipinski definition) is 0. The number of hydrogen-bond acceptors (Lipinski definition) is 20. The summed E-state index contributed by atoms with van der Waals surface area (Å²) in [6.45, 7) is 2.14. The number of Topliss-reactive ketones (excluding diaryl/α,β-unsaturated/α-hetero) is 2. The molecule has 3 aromatic rings. The minimum atomic E-state index is -5.35. The Hall–Kier alpha value is -4.57. The van der Waals surface area contributed by atoms with Gasteiger partial charge in [-0.15, -0.1) is 0 Å². The van der Waals surface area contributed by atoms with Crippen LogP contribution in [0.4, 0.5) is 5.69 Å². The first-order valence-electron chi connectivity index (χ1n) is 13.3. The zero-order valence-corrected chi connectivity index (χ0v) is 28.6. The minimum Gasteiger partial charge on any atom is -0.858 e. The number of ketones is 2. The molecule has 2 heterocycles. The maximum Gasteiger partial charge on any atom is 0.281 e. The molecule has 0 fully saturated rings. The smallest absolute Gasteiger partial charge is 0.281 e. The van der Waals surface area contributed by atoms with Crippen molar-refractivity contribution in [2.24, 2.45) is 5.10 Å². The number of anilines is 1. The molecule has 2 aromatic carbocycles. The van der Waals surface area contributed by atoms with Gasteiger partial charge in [-0.05, 0) is 48.4 Å². The van der Waals surface area contributed by atoms with E-state index in [-0.39, 0.29) is 31.4 Å². The van der Waals surface area contributed by atoms with Crippen molar-refractivity contribution < 1.29 is 74.7 Å². The molecule has 0 bridgehead atoms. The van der Waals surface area contributed by atoms with Crippen molar-refractivity contribution in [2.75, 3.05) is 5.01 Å². The van der Waals surface area contributed by atoms with Crippen LogP contribution in [0.25, 0.3) is 11.8 Å². The van der Waals surface area contributed by atoms with Crippen molar-refractivity contribution >= 4 is 79.3 Å². The van der Waals surface area contributed by atoms with E-state index in [1.165, 1.54) is 42.5 Å². The summed E-state index contributed by atoms with van der Waals surface area (Å²) < 4.78 is 79.1. The molecule has 0 saturated heterocycles. The molecule has 1 aliphatic heterocycles. The Morgan fingerprint density at radius 3 is 2.16 bits per heavy atom. The first-order chi connectivity index (χ1) is 24.0. The largest absolute Gasteiger partial charge is 0.858 e. The molecule has 4 rings (SSSR count). The summed E-state index contributed by atoms with van der Waals surface area (Å²) in [5, 5.41) is 49.2. The molecule has 0 spiro atoms. The fourth-order valence-electron chi connectivity index (χ4n) is 4.26. The van der Waals surface area contributed by atoms with Gasteiger partial charge in [-0.1, -0.05) is 24.3 Å². The fourth-order valence-corrected chi connectivity index (χ4v) is 6.23. The summed E-state index contributed by atoms with van der Waals surface area (Å²) >= 11 is 0.867. The van der Waals surface area contributed by atoms with E-state index < -0.39 is 70.3 Å². The third-order valence-electron chi connectivity index (χ3n) is 6.36. The maximum absolute atomic E-state index is 13.4. The highest BCUT2D eigenvalue weighted by molar-refractivity contribution is 7.95. The van der Waals surface area contributed by atoms with Gasteiger partial charge in [0, 0.05) is 24.3 Å². The predicted molar refractivity (Wildman–Crippen MR) is 163 cm³/mol. The van der Waals surface area contributed by atoms with Crippen molar-refractivity contribution in [3.05, 3.63) is 77.5 Å². The quantitative estimate of drug-likeness (QED) is 0.0370. The fraction of sp³-hybridized carbons (Fsp3) is 0.0741. The third kappa shape index (κ3) is 9.03. The Morgan fingerprint density at radius 2 is 1.55 bits per heavy atom. The van der Waals surface area contributed by atoms with Gasteiger partial charge >= 0.3 is 0 Å². The van der Waals surface area contributed by atoms with E-state index in [4.69, 9.17) is 0 Å². The van der Waals surface area contributed by atoms with E-state index in [0.29, 0.717) is 42.3 Å². The van der Waals surface area contributed by atoms with E-state index in [1.807, 2.05) is 0 Å². The topological polar surface area (TPSA) is 305 Å². The molecule has 0 aliphatic carbocycles. The highest BCUT2D eigenvalue weighted by atomic mass is 32.2. The molecule has 0 saturated carbocycles. The Bertz CT molecular complexity index is 2250. The van der Waals surface area contributed by atoms with E-state index in [9.17, 15) is 55.9 Å². The standard InChI is InChI=1S/C27H22N4O16S4/c1-14(32)24-18(26(34)30(28-24)20-12-16(48-46-44-36)8-10-22(20)49-47-45-37)6-4-3-5-7-19-25(15(2)33)29-31(27(19)35)21-13-17(50(38,39)40)9-11-23(21)51(41,42)43/h3-13,35-37H,1-2H3,(H,38,39,40)(H,41,42,43)/p-5/b4-3+,7-5+,18-6-. The van der Waals surface area contributed by atoms with Crippen molar-refractivity contribution in [3.8, 4) is 11.6 Å². The van der Waals surface area contributed by atoms with Gasteiger partial charge < -0.3 is 24.7 Å². The molecule has 20 nitrogen and oxygen atoms in total. The van der Waals surface area contributed by atoms with Crippen LogP contribution in [0.3, 0.4) is 0 Å². The highest BCUT2D eigenvalue weighted by Gasteiger charge is 2.34. The molecule has 270 valence electrons. The van der Waals surface area contributed by atoms with Gasteiger partial charge in [0.25, 0.3) is 5.91 Å². The molecule has 1 aliphatic rings. The zero-order valence-electron chi connectivity index (χ0n) is 25.3. The number of rotatable bonds is 15. The number of nitrogens with zero attached hydrogens (tertiary/aromatic N) is 4. The molecule has 51 heavy (non-hydrogen) atoms. The number of amides is 1. The number of benzene rings is 2. The molecule has 1 amide bonds. The van der Waals surface area contributed by atoms with Crippen LogP contribution in [-0.2, 0) is 48.6 Å². The van der Waals surface area contributed by atoms with Crippen LogP contribution < -0.4 is 20.6 Å². The van der Waals surface area contributed by atoms with E-state index in [2.05, 4.69) is 28.9 Å². The lowest BCUT2D eigenvalue weighted by Crippen LogP contribution is -2.22. The summed E-state index contributed by atoms with van der Waals surface area (Å²) in [5.74, 6) is -3.44. The molecule has 1 aromatic heterocycles. The lowest BCUT2D eigenvalue weighted by atomic mass is 10.1. The number of allylic oxidation sites excluding steroid dienone is 4. The van der Waals surface area contributed by atoms with Crippen LogP contribution in [0.5, 0.6) is 5.88 Å². The zero-order chi connectivity index (χ0) is 37.7. The first kappa shape index (κ1) is 39.2. The highest BCUT2D eigenvalue weighted by Crippen LogP contribution is 2.37. The lowest BCUT2D eigenvalue weighted by Gasteiger charge is -2.19. The SMILES string of the molecule is CC(=O)C1=NN(c2cc(SOO[O-])ccc2SOO[O-])C(=O)\C1=C/C=C/C=C/c1c(C(C)=O)nn(-c2cc(S(=O)(=O)[O-])ccc2S(=O)(=O)[O-])c1[O-]. The molecular formula is C27H17N4O16S4-5. The first-order valence-corrected chi connectivity index (χ1v) is 17.6. The Morgan fingerprint density at radius 1 is 0.863 bits per heavy atom. The Kier molecular flexibility index (Phi) is 12.4. The summed E-state index contributed by atoms with van der Waals surface area (Å²) in [5.41, 5.74) is -2.39. The molecule has 24 heteroatoms. The second-order valence-electron chi connectivity index (χ2n) is 9.59. The second kappa shape index (κ2) is 16.2. The van der Waals surface area contributed by atoms with E-state index in [1.54, 1.807) is 0 Å². The van der Waals surface area contributed by atoms with Crippen molar-refractivity contribution in [2.45, 2.75) is 33.4 Å². The van der Waals surface area contributed by atoms with Crippen molar-refractivity contribution in [1.82, 2.24) is 9.78 Å². The molecule has 0 unspecified atom stereocenters. The van der Waals surface area contributed by atoms with Crippen LogP contribution in [0, 0.1) is 0 Å². The molecule has 0 radical (unpaired) electrons. The van der Waals surface area contributed by atoms with Crippen LogP contribution >= 0.6 is 24.1 Å². The number of carbonyl (C=O) groups is 3.